The fraction of sp³-hybridized carbons (Fsp3) is 0.481. The van der Waals surface area contributed by atoms with Gasteiger partial charge in [0.25, 0.3) is 0 Å². The summed E-state index contributed by atoms with van der Waals surface area (Å²) in [5, 5.41) is 2.86. The van der Waals surface area contributed by atoms with Crippen LogP contribution in [-0.2, 0) is 26.0 Å². The molecule has 9 heteroatoms. The zero-order chi connectivity index (χ0) is 26.6. The number of rotatable bonds is 15. The number of nitrogens with one attached hydrogen (secondary N) is 1. The van der Waals surface area contributed by atoms with Gasteiger partial charge in [-0.05, 0) is 62.9 Å². The van der Waals surface area contributed by atoms with Gasteiger partial charge >= 0.3 is 0 Å². The van der Waals surface area contributed by atoms with E-state index in [0.29, 0.717) is 44.0 Å². The fourth-order valence-corrected chi connectivity index (χ4v) is 4.81. The van der Waals surface area contributed by atoms with Gasteiger partial charge in [-0.1, -0.05) is 37.3 Å². The number of hydrogen-bond donors (Lipinski definition) is 1. The van der Waals surface area contributed by atoms with Crippen molar-refractivity contribution in [2.24, 2.45) is 0 Å². The van der Waals surface area contributed by atoms with Gasteiger partial charge in [-0.3, -0.25) is 13.9 Å². The van der Waals surface area contributed by atoms with Crippen molar-refractivity contribution in [2.45, 2.75) is 52.5 Å². The van der Waals surface area contributed by atoms with Gasteiger partial charge in [0.05, 0.1) is 18.6 Å². The third-order valence-corrected chi connectivity index (χ3v) is 6.98. The first kappa shape index (κ1) is 29.2. The minimum absolute atomic E-state index is 0.128. The molecule has 0 saturated carbocycles. The molecular weight excluding hydrogens is 478 g/mol. The quantitative estimate of drug-likeness (QED) is 0.389. The molecule has 2 rings (SSSR count). The topological polar surface area (TPSA) is 96.0 Å². The smallest absolute Gasteiger partial charge is 0.242 e. The number of carbonyl (C=O) groups excluding carboxylic acids is 2. The highest BCUT2D eigenvalue weighted by Crippen LogP contribution is 2.22. The lowest BCUT2D eigenvalue weighted by Gasteiger charge is -2.29. The summed E-state index contributed by atoms with van der Waals surface area (Å²) in [5.74, 6) is 0.296. The summed E-state index contributed by atoms with van der Waals surface area (Å²) in [6.45, 7) is 7.21. The molecule has 2 aromatic carbocycles. The Bertz CT molecular complexity index is 1060. The van der Waals surface area contributed by atoms with Gasteiger partial charge in [-0.2, -0.15) is 0 Å². The first-order chi connectivity index (χ1) is 17.2. The molecule has 0 aliphatic rings. The summed E-state index contributed by atoms with van der Waals surface area (Å²) < 4.78 is 31.6. The number of amides is 2. The van der Waals surface area contributed by atoms with Gasteiger partial charge in [-0.15, -0.1) is 0 Å². The van der Waals surface area contributed by atoms with Crippen LogP contribution in [0.25, 0.3) is 0 Å². The van der Waals surface area contributed by atoms with E-state index >= 15 is 0 Å². The van der Waals surface area contributed by atoms with E-state index in [-0.39, 0.29) is 24.8 Å². The number of sulfonamides is 1. The molecule has 1 atom stereocenters. The Morgan fingerprint density at radius 3 is 2.25 bits per heavy atom. The first-order valence-electron chi connectivity index (χ1n) is 12.5. The summed E-state index contributed by atoms with van der Waals surface area (Å²) in [4.78, 5) is 27.5. The van der Waals surface area contributed by atoms with Gasteiger partial charge in [0.15, 0.2) is 0 Å². The van der Waals surface area contributed by atoms with Crippen LogP contribution in [0, 0.1) is 0 Å². The average Bonchev–Trinajstić information content (AvgIpc) is 2.86. The SMILES string of the molecule is CCCNC(=O)[C@H](C)N(CCc1ccccc1)C(=O)CCCN(c1ccc(OCC)cc1)S(C)(=O)=O. The zero-order valence-corrected chi connectivity index (χ0v) is 22.6. The molecule has 0 aromatic heterocycles. The summed E-state index contributed by atoms with van der Waals surface area (Å²) in [6, 6.07) is 16.0. The number of carbonyl (C=O) groups is 2. The molecule has 0 fully saturated rings. The molecular formula is C27H39N3O5S. The number of benzene rings is 2. The molecule has 198 valence electrons. The minimum atomic E-state index is -3.54. The predicted molar refractivity (Wildman–Crippen MR) is 144 cm³/mol. The Balaban J connectivity index is 2.08. The second kappa shape index (κ2) is 14.5. The normalized spacial score (nSPS) is 12.0. The van der Waals surface area contributed by atoms with E-state index in [1.54, 1.807) is 36.1 Å². The molecule has 1 N–H and O–H groups in total. The molecule has 0 aliphatic heterocycles. The third kappa shape index (κ3) is 9.18. The van der Waals surface area contributed by atoms with Crippen molar-refractivity contribution in [3.05, 3.63) is 60.2 Å². The molecule has 2 amide bonds. The second-order valence-electron chi connectivity index (χ2n) is 8.66. The van der Waals surface area contributed by atoms with Crippen molar-refractivity contribution >= 4 is 27.5 Å². The summed E-state index contributed by atoms with van der Waals surface area (Å²) in [6.07, 6.45) is 3.04. The van der Waals surface area contributed by atoms with Crippen molar-refractivity contribution in [2.75, 3.05) is 36.8 Å². The predicted octanol–water partition coefficient (Wildman–Crippen LogP) is 3.62. The van der Waals surface area contributed by atoms with Gasteiger partial charge in [-0.25, -0.2) is 8.42 Å². The van der Waals surface area contributed by atoms with E-state index in [1.807, 2.05) is 44.2 Å². The third-order valence-electron chi connectivity index (χ3n) is 5.79. The highest BCUT2D eigenvalue weighted by Gasteiger charge is 2.26. The van der Waals surface area contributed by atoms with E-state index in [1.165, 1.54) is 4.31 Å². The standard InChI is InChI=1S/C27H39N3O5S/c1-5-19-28-27(32)22(3)29(21-18-23-11-8-7-9-12-23)26(31)13-10-20-30(36(4,33)34)24-14-16-25(17-15-24)35-6-2/h7-9,11-12,14-17,22H,5-6,10,13,18-21H2,1-4H3,(H,28,32)/t22-/m0/s1. The Hall–Kier alpha value is -3.07. The Morgan fingerprint density at radius 2 is 1.67 bits per heavy atom. The summed E-state index contributed by atoms with van der Waals surface area (Å²) in [5.41, 5.74) is 1.59. The van der Waals surface area contributed by atoms with Crippen LogP contribution >= 0.6 is 0 Å². The van der Waals surface area contributed by atoms with E-state index in [9.17, 15) is 18.0 Å². The largest absolute Gasteiger partial charge is 0.494 e. The molecule has 0 bridgehead atoms. The molecule has 0 saturated heterocycles. The molecule has 2 aromatic rings. The highest BCUT2D eigenvalue weighted by atomic mass is 32.2. The monoisotopic (exact) mass is 517 g/mol. The molecule has 0 radical (unpaired) electrons. The van der Waals surface area contributed by atoms with Crippen LogP contribution in [0.5, 0.6) is 5.75 Å². The van der Waals surface area contributed by atoms with Crippen molar-refractivity contribution in [1.29, 1.82) is 0 Å². The molecule has 0 aliphatic carbocycles. The lowest BCUT2D eigenvalue weighted by molar-refractivity contribution is -0.139. The van der Waals surface area contributed by atoms with Gasteiger partial charge < -0.3 is 15.0 Å². The average molecular weight is 518 g/mol. The van der Waals surface area contributed by atoms with Crippen LogP contribution in [-0.4, -0.2) is 63.7 Å². The Kier molecular flexibility index (Phi) is 11.7. The molecule has 36 heavy (non-hydrogen) atoms. The van der Waals surface area contributed by atoms with Crippen molar-refractivity contribution in [1.82, 2.24) is 10.2 Å². The summed E-state index contributed by atoms with van der Waals surface area (Å²) in [7, 11) is -3.54. The maximum absolute atomic E-state index is 13.2. The number of ether oxygens (including phenoxy) is 1. The minimum Gasteiger partial charge on any atom is -0.494 e. The van der Waals surface area contributed by atoms with Crippen molar-refractivity contribution in [3.8, 4) is 5.75 Å². The summed E-state index contributed by atoms with van der Waals surface area (Å²) >= 11 is 0. The van der Waals surface area contributed by atoms with E-state index in [0.717, 1.165) is 18.2 Å². The van der Waals surface area contributed by atoms with E-state index in [2.05, 4.69) is 5.32 Å². The molecule has 0 spiro atoms. The maximum Gasteiger partial charge on any atom is 0.242 e. The van der Waals surface area contributed by atoms with Crippen molar-refractivity contribution in [3.63, 3.8) is 0 Å². The van der Waals surface area contributed by atoms with Gasteiger partial charge in [0, 0.05) is 26.1 Å². The van der Waals surface area contributed by atoms with Crippen molar-refractivity contribution < 1.29 is 22.7 Å². The number of anilines is 1. The molecule has 0 heterocycles. The first-order valence-corrected chi connectivity index (χ1v) is 14.3. The zero-order valence-electron chi connectivity index (χ0n) is 21.8. The van der Waals surface area contributed by atoms with Gasteiger partial charge in [0.1, 0.15) is 11.8 Å². The van der Waals surface area contributed by atoms with Gasteiger partial charge in [0.2, 0.25) is 21.8 Å². The molecule has 0 unspecified atom stereocenters. The Labute approximate surface area is 215 Å². The molecule has 8 nitrogen and oxygen atoms in total. The number of nitrogens with zero attached hydrogens (tertiary/aromatic N) is 2. The van der Waals surface area contributed by atoms with Crippen LogP contribution in [0.1, 0.15) is 45.6 Å². The second-order valence-corrected chi connectivity index (χ2v) is 10.6. The lowest BCUT2D eigenvalue weighted by atomic mass is 10.1. The fourth-order valence-electron chi connectivity index (χ4n) is 3.85. The van der Waals surface area contributed by atoms with E-state index < -0.39 is 16.1 Å². The number of hydrogen-bond acceptors (Lipinski definition) is 5. The maximum atomic E-state index is 13.2. The van der Waals surface area contributed by atoms with Crippen LogP contribution in [0.15, 0.2) is 54.6 Å². The van der Waals surface area contributed by atoms with Crippen LogP contribution < -0.4 is 14.4 Å². The van der Waals surface area contributed by atoms with Crippen LogP contribution in [0.3, 0.4) is 0 Å². The van der Waals surface area contributed by atoms with Crippen LogP contribution in [0.2, 0.25) is 0 Å². The Morgan fingerprint density at radius 1 is 1.00 bits per heavy atom. The van der Waals surface area contributed by atoms with Crippen LogP contribution in [0.4, 0.5) is 5.69 Å². The highest BCUT2D eigenvalue weighted by molar-refractivity contribution is 7.92. The lowest BCUT2D eigenvalue weighted by Crippen LogP contribution is -2.49. The van der Waals surface area contributed by atoms with E-state index in [4.69, 9.17) is 4.74 Å².